The van der Waals surface area contributed by atoms with Crippen LogP contribution >= 0.6 is 0 Å². The molecule has 2 aromatic carbocycles. The second-order valence-corrected chi connectivity index (χ2v) is 6.16. The van der Waals surface area contributed by atoms with Crippen molar-refractivity contribution in [3.05, 3.63) is 77.1 Å². The second-order valence-electron chi connectivity index (χ2n) is 6.16. The molecule has 3 rings (SSSR count). The number of aromatic nitrogens is 1. The first-order valence-electron chi connectivity index (χ1n) is 8.33. The SMILES string of the molecule is Cc1c(N)cccc1-c1cccc(NC(=O)c2ccc(CO)cn2)c1C. The van der Waals surface area contributed by atoms with Crippen molar-refractivity contribution < 1.29 is 9.90 Å². The molecule has 0 unspecified atom stereocenters. The molecule has 1 heterocycles. The summed E-state index contributed by atoms with van der Waals surface area (Å²) in [5.74, 6) is -0.293. The number of amides is 1. The van der Waals surface area contributed by atoms with E-state index in [1.807, 2.05) is 50.2 Å². The summed E-state index contributed by atoms with van der Waals surface area (Å²) in [7, 11) is 0. The first-order valence-corrected chi connectivity index (χ1v) is 8.33. The molecule has 0 aliphatic carbocycles. The van der Waals surface area contributed by atoms with E-state index in [2.05, 4.69) is 10.3 Å². The standard InChI is InChI=1S/C21H21N3O2/c1-13-16(5-3-7-18(13)22)17-6-4-8-19(14(17)2)24-21(26)20-10-9-15(12-25)11-23-20/h3-11,25H,12,22H2,1-2H3,(H,24,26). The van der Waals surface area contributed by atoms with E-state index >= 15 is 0 Å². The maximum Gasteiger partial charge on any atom is 0.274 e. The van der Waals surface area contributed by atoms with E-state index in [4.69, 9.17) is 10.8 Å². The summed E-state index contributed by atoms with van der Waals surface area (Å²) in [6.45, 7) is 3.85. The minimum absolute atomic E-state index is 0.102. The minimum atomic E-state index is -0.293. The van der Waals surface area contributed by atoms with Crippen molar-refractivity contribution in [2.75, 3.05) is 11.1 Å². The van der Waals surface area contributed by atoms with Crippen LogP contribution in [-0.4, -0.2) is 16.0 Å². The Bertz CT molecular complexity index is 950. The third kappa shape index (κ3) is 3.43. The zero-order valence-electron chi connectivity index (χ0n) is 14.8. The Morgan fingerprint density at radius 1 is 1.04 bits per heavy atom. The lowest BCUT2D eigenvalue weighted by molar-refractivity contribution is 0.102. The van der Waals surface area contributed by atoms with Crippen LogP contribution in [0.3, 0.4) is 0 Å². The predicted molar refractivity (Wildman–Crippen MR) is 104 cm³/mol. The minimum Gasteiger partial charge on any atom is -0.398 e. The summed E-state index contributed by atoms with van der Waals surface area (Å²) >= 11 is 0. The van der Waals surface area contributed by atoms with E-state index in [1.165, 1.54) is 6.20 Å². The fraction of sp³-hybridized carbons (Fsp3) is 0.143. The molecule has 0 bridgehead atoms. The van der Waals surface area contributed by atoms with E-state index in [0.29, 0.717) is 11.3 Å². The van der Waals surface area contributed by atoms with Gasteiger partial charge in [0.15, 0.2) is 0 Å². The van der Waals surface area contributed by atoms with Gasteiger partial charge in [-0.2, -0.15) is 0 Å². The summed E-state index contributed by atoms with van der Waals surface area (Å²) in [6.07, 6.45) is 1.49. The van der Waals surface area contributed by atoms with E-state index < -0.39 is 0 Å². The van der Waals surface area contributed by atoms with Crippen molar-refractivity contribution in [1.29, 1.82) is 0 Å². The van der Waals surface area contributed by atoms with E-state index in [1.54, 1.807) is 12.1 Å². The number of nitrogen functional groups attached to an aromatic ring is 1. The van der Waals surface area contributed by atoms with Crippen LogP contribution in [0.15, 0.2) is 54.7 Å². The van der Waals surface area contributed by atoms with Crippen LogP contribution in [0, 0.1) is 13.8 Å². The summed E-state index contributed by atoms with van der Waals surface area (Å²) in [4.78, 5) is 16.6. The molecule has 5 heteroatoms. The summed E-state index contributed by atoms with van der Waals surface area (Å²) in [5, 5.41) is 12.0. The number of anilines is 2. The first kappa shape index (κ1) is 17.6. The van der Waals surface area contributed by atoms with Gasteiger partial charge in [0.25, 0.3) is 5.91 Å². The number of aliphatic hydroxyl groups excluding tert-OH is 1. The zero-order valence-corrected chi connectivity index (χ0v) is 14.8. The van der Waals surface area contributed by atoms with Crippen molar-refractivity contribution >= 4 is 17.3 Å². The topological polar surface area (TPSA) is 88.2 Å². The number of aliphatic hydroxyl groups is 1. The average Bonchev–Trinajstić information content (AvgIpc) is 2.66. The Balaban J connectivity index is 1.92. The second kappa shape index (κ2) is 7.37. The molecule has 0 saturated heterocycles. The monoisotopic (exact) mass is 347 g/mol. The van der Waals surface area contributed by atoms with Crippen molar-refractivity contribution in [3.63, 3.8) is 0 Å². The summed E-state index contributed by atoms with van der Waals surface area (Å²) < 4.78 is 0. The Labute approximate surface area is 152 Å². The third-order valence-corrected chi connectivity index (χ3v) is 4.49. The number of carbonyl (C=O) groups excluding carboxylic acids is 1. The molecule has 3 aromatic rings. The molecular formula is C21H21N3O2. The lowest BCUT2D eigenvalue weighted by atomic mass is 9.95. The molecule has 1 amide bonds. The molecule has 132 valence electrons. The molecule has 0 fully saturated rings. The van der Waals surface area contributed by atoms with Gasteiger partial charge in [0.05, 0.1) is 6.61 Å². The van der Waals surface area contributed by atoms with Gasteiger partial charge in [0.2, 0.25) is 0 Å². The van der Waals surface area contributed by atoms with Gasteiger partial charge in [-0.15, -0.1) is 0 Å². The maximum absolute atomic E-state index is 12.5. The quantitative estimate of drug-likeness (QED) is 0.628. The predicted octanol–water partition coefficient (Wildman–Crippen LogP) is 3.69. The summed E-state index contributed by atoms with van der Waals surface area (Å²) in [5.41, 5.74) is 12.5. The first-order chi connectivity index (χ1) is 12.5. The van der Waals surface area contributed by atoms with Crippen LogP contribution in [0.5, 0.6) is 0 Å². The van der Waals surface area contributed by atoms with Gasteiger partial charge >= 0.3 is 0 Å². The van der Waals surface area contributed by atoms with Crippen molar-refractivity contribution in [2.24, 2.45) is 0 Å². The molecule has 0 spiro atoms. The number of carbonyl (C=O) groups is 1. The Hall–Kier alpha value is -3.18. The smallest absolute Gasteiger partial charge is 0.274 e. The molecule has 1 aromatic heterocycles. The van der Waals surface area contributed by atoms with Crippen LogP contribution in [0.4, 0.5) is 11.4 Å². The molecule has 0 atom stereocenters. The van der Waals surface area contributed by atoms with Gasteiger partial charge in [-0.05, 0) is 59.9 Å². The number of nitrogens with zero attached hydrogens (tertiary/aromatic N) is 1. The van der Waals surface area contributed by atoms with Crippen LogP contribution in [0.2, 0.25) is 0 Å². The number of hydrogen-bond donors (Lipinski definition) is 3. The number of benzene rings is 2. The zero-order chi connectivity index (χ0) is 18.7. The van der Waals surface area contributed by atoms with Gasteiger partial charge in [-0.25, -0.2) is 0 Å². The number of hydrogen-bond acceptors (Lipinski definition) is 4. The normalized spacial score (nSPS) is 10.6. The summed E-state index contributed by atoms with van der Waals surface area (Å²) in [6, 6.07) is 14.9. The van der Waals surface area contributed by atoms with Crippen LogP contribution in [0.1, 0.15) is 27.2 Å². The van der Waals surface area contributed by atoms with Gasteiger partial charge in [-0.1, -0.05) is 30.3 Å². The highest BCUT2D eigenvalue weighted by Gasteiger charge is 2.13. The fourth-order valence-corrected chi connectivity index (χ4v) is 2.85. The Kier molecular flexibility index (Phi) is 5.00. The number of rotatable bonds is 4. The average molecular weight is 347 g/mol. The van der Waals surface area contributed by atoms with Gasteiger partial charge < -0.3 is 16.2 Å². The van der Waals surface area contributed by atoms with Crippen molar-refractivity contribution in [3.8, 4) is 11.1 Å². The van der Waals surface area contributed by atoms with E-state index in [-0.39, 0.29) is 12.5 Å². The Morgan fingerprint density at radius 3 is 2.38 bits per heavy atom. The van der Waals surface area contributed by atoms with Crippen LogP contribution in [0.25, 0.3) is 11.1 Å². The van der Waals surface area contributed by atoms with Crippen molar-refractivity contribution in [1.82, 2.24) is 4.98 Å². The molecule has 0 radical (unpaired) electrons. The molecular weight excluding hydrogens is 326 g/mol. The van der Waals surface area contributed by atoms with Crippen LogP contribution in [-0.2, 0) is 6.61 Å². The molecule has 5 nitrogen and oxygen atoms in total. The number of pyridine rings is 1. The molecule has 0 aliphatic heterocycles. The lowest BCUT2D eigenvalue weighted by Gasteiger charge is -2.15. The highest BCUT2D eigenvalue weighted by atomic mass is 16.3. The molecule has 0 saturated carbocycles. The van der Waals surface area contributed by atoms with E-state index in [0.717, 1.165) is 33.6 Å². The Morgan fingerprint density at radius 2 is 1.73 bits per heavy atom. The van der Waals surface area contributed by atoms with Crippen LogP contribution < -0.4 is 11.1 Å². The maximum atomic E-state index is 12.5. The lowest BCUT2D eigenvalue weighted by Crippen LogP contribution is -2.14. The molecule has 4 N–H and O–H groups in total. The highest BCUT2D eigenvalue weighted by molar-refractivity contribution is 6.03. The largest absolute Gasteiger partial charge is 0.398 e. The molecule has 26 heavy (non-hydrogen) atoms. The highest BCUT2D eigenvalue weighted by Crippen LogP contribution is 2.32. The van der Waals surface area contributed by atoms with Gasteiger partial charge in [-0.3, -0.25) is 9.78 Å². The number of nitrogens with one attached hydrogen (secondary N) is 1. The number of nitrogens with two attached hydrogens (primary N) is 1. The van der Waals surface area contributed by atoms with Crippen molar-refractivity contribution in [2.45, 2.75) is 20.5 Å². The molecule has 0 aliphatic rings. The van der Waals surface area contributed by atoms with Gasteiger partial charge in [0.1, 0.15) is 5.69 Å². The third-order valence-electron chi connectivity index (χ3n) is 4.49. The van der Waals surface area contributed by atoms with E-state index in [9.17, 15) is 4.79 Å². The fourth-order valence-electron chi connectivity index (χ4n) is 2.85. The van der Waals surface area contributed by atoms with Gasteiger partial charge in [0, 0.05) is 17.6 Å².